The molecule has 10 heteroatoms. The second-order valence-corrected chi connectivity index (χ2v) is 7.61. The van der Waals surface area contributed by atoms with Gasteiger partial charge in [-0.2, -0.15) is 5.10 Å². The minimum atomic E-state index is -0.692. The predicted octanol–water partition coefficient (Wildman–Crippen LogP) is 4.11. The third-order valence-corrected chi connectivity index (χ3v) is 4.48. The molecule has 31 heavy (non-hydrogen) atoms. The van der Waals surface area contributed by atoms with Crippen molar-refractivity contribution in [1.29, 1.82) is 0 Å². The number of nitrogens with one attached hydrogen (secondary N) is 1. The van der Waals surface area contributed by atoms with Gasteiger partial charge in [0.25, 0.3) is 5.91 Å². The van der Waals surface area contributed by atoms with Crippen LogP contribution in [-0.4, -0.2) is 52.3 Å². The first-order valence-electron chi connectivity index (χ1n) is 9.20. The Morgan fingerprint density at radius 1 is 1.32 bits per heavy atom. The Hall–Kier alpha value is -2.97. The maximum Gasteiger partial charge on any atom is 0.274 e. The summed E-state index contributed by atoms with van der Waals surface area (Å²) < 4.78 is 15.2. The number of carbonyl (C=O) groups is 2. The number of allylic oxidation sites excluding steroid dienone is 7. The van der Waals surface area contributed by atoms with Crippen LogP contribution in [0.2, 0.25) is 0 Å². The lowest BCUT2D eigenvalue weighted by atomic mass is 10.2. The molecule has 1 aromatic rings. The lowest BCUT2D eigenvalue weighted by Gasteiger charge is -2.25. The first kappa shape index (κ1) is 24.3. The van der Waals surface area contributed by atoms with Gasteiger partial charge < -0.3 is 10.2 Å². The van der Waals surface area contributed by atoms with Gasteiger partial charge in [0.2, 0.25) is 5.91 Å². The van der Waals surface area contributed by atoms with Crippen LogP contribution in [0.25, 0.3) is 11.3 Å². The van der Waals surface area contributed by atoms with Gasteiger partial charge in [0.15, 0.2) is 5.69 Å². The minimum absolute atomic E-state index is 0.0431. The second-order valence-electron chi connectivity index (χ2n) is 6.67. The number of piperazine rings is 1. The van der Waals surface area contributed by atoms with Crippen molar-refractivity contribution < 1.29 is 14.0 Å². The van der Waals surface area contributed by atoms with E-state index in [0.717, 1.165) is 6.08 Å². The van der Waals surface area contributed by atoms with E-state index in [9.17, 15) is 14.0 Å². The van der Waals surface area contributed by atoms with Gasteiger partial charge >= 0.3 is 0 Å². The van der Waals surface area contributed by atoms with Gasteiger partial charge in [-0.1, -0.05) is 36.4 Å². The molecule has 1 fully saturated rings. The van der Waals surface area contributed by atoms with Crippen molar-refractivity contribution in [2.45, 2.75) is 13.8 Å². The number of nitrogens with zero attached hydrogens (tertiary/aromatic N) is 4. The molecule has 0 spiro atoms. The zero-order valence-electron chi connectivity index (χ0n) is 17.2. The molecule has 0 radical (unpaired) electrons. The van der Waals surface area contributed by atoms with Gasteiger partial charge in [-0.05, 0) is 37.6 Å². The highest BCUT2D eigenvalue weighted by molar-refractivity contribution is 6.38. The highest BCUT2D eigenvalue weighted by atomic mass is 35.5. The molecule has 164 valence electrons. The molecule has 2 rings (SSSR count). The summed E-state index contributed by atoms with van der Waals surface area (Å²) in [6.45, 7) is 11.0. The van der Waals surface area contributed by atoms with Crippen LogP contribution < -0.4 is 5.32 Å². The van der Waals surface area contributed by atoms with E-state index in [1.54, 1.807) is 19.9 Å². The summed E-state index contributed by atoms with van der Waals surface area (Å²) in [5.41, 5.74) is 1.87. The van der Waals surface area contributed by atoms with Crippen molar-refractivity contribution in [3.63, 3.8) is 0 Å². The number of rotatable bonds is 7. The third-order valence-electron chi connectivity index (χ3n) is 4.20. The predicted molar refractivity (Wildman–Crippen MR) is 122 cm³/mol. The zero-order chi connectivity index (χ0) is 23.1. The van der Waals surface area contributed by atoms with E-state index in [1.807, 2.05) is 0 Å². The van der Waals surface area contributed by atoms with E-state index in [-0.39, 0.29) is 34.1 Å². The van der Waals surface area contributed by atoms with Crippen LogP contribution in [0.3, 0.4) is 0 Å². The molecule has 0 aliphatic carbocycles. The maximum atomic E-state index is 13.7. The Morgan fingerprint density at radius 2 is 2.03 bits per heavy atom. The van der Waals surface area contributed by atoms with Crippen LogP contribution in [0.5, 0.6) is 0 Å². The molecule has 0 aromatic carbocycles. The van der Waals surface area contributed by atoms with Crippen molar-refractivity contribution in [1.82, 2.24) is 20.0 Å². The maximum absolute atomic E-state index is 13.7. The van der Waals surface area contributed by atoms with Gasteiger partial charge in [-0.15, -0.1) is 0 Å². The van der Waals surface area contributed by atoms with Crippen LogP contribution >= 0.6 is 23.2 Å². The van der Waals surface area contributed by atoms with Crippen LogP contribution in [0.1, 0.15) is 30.0 Å². The number of hydrogen-bond acceptors (Lipinski definition) is 4. The summed E-state index contributed by atoms with van der Waals surface area (Å²) in [6, 6.07) is 1.59. The summed E-state index contributed by atoms with van der Waals surface area (Å²) in [7, 11) is 0. The smallest absolute Gasteiger partial charge is 0.274 e. The Balaban J connectivity index is 2.48. The van der Waals surface area contributed by atoms with E-state index in [1.165, 1.54) is 28.1 Å². The van der Waals surface area contributed by atoms with Crippen molar-refractivity contribution in [2.24, 2.45) is 4.99 Å². The number of carbonyl (C=O) groups excluding carboxylic acids is 2. The molecular formula is C21H22Cl2FN5O2. The molecule has 1 aromatic heterocycles. The quantitative estimate of drug-likeness (QED) is 0.485. The van der Waals surface area contributed by atoms with Crippen molar-refractivity contribution >= 4 is 52.5 Å². The normalized spacial score (nSPS) is 16.0. The lowest BCUT2D eigenvalue weighted by Crippen LogP contribution is -2.50. The molecule has 0 unspecified atom stereocenters. The zero-order valence-corrected chi connectivity index (χ0v) is 18.7. The average molecular weight is 466 g/mol. The number of aromatic nitrogens is 2. The van der Waals surface area contributed by atoms with Gasteiger partial charge in [0.05, 0.1) is 22.3 Å². The molecule has 0 saturated carbocycles. The summed E-state index contributed by atoms with van der Waals surface area (Å²) >= 11 is 11.2. The number of halogens is 3. The minimum Gasteiger partial charge on any atom is -0.353 e. The van der Waals surface area contributed by atoms with Crippen LogP contribution in [-0.2, 0) is 4.79 Å². The molecule has 7 nitrogen and oxygen atoms in total. The van der Waals surface area contributed by atoms with Gasteiger partial charge in [0.1, 0.15) is 5.83 Å². The highest BCUT2D eigenvalue weighted by Gasteiger charge is 2.25. The Labute approximate surface area is 189 Å². The van der Waals surface area contributed by atoms with Crippen LogP contribution in [0.15, 0.2) is 58.5 Å². The summed E-state index contributed by atoms with van der Waals surface area (Å²) in [5.74, 6) is -1.31. The van der Waals surface area contributed by atoms with E-state index < -0.39 is 5.83 Å². The van der Waals surface area contributed by atoms with Crippen molar-refractivity contribution in [3.05, 3.63) is 64.9 Å². The van der Waals surface area contributed by atoms with E-state index >= 15 is 0 Å². The first-order chi connectivity index (χ1) is 14.6. The van der Waals surface area contributed by atoms with Crippen molar-refractivity contribution in [2.75, 3.05) is 19.6 Å². The molecule has 2 amide bonds. The average Bonchev–Trinajstić information content (AvgIpc) is 3.16. The number of hydrogen-bond donors (Lipinski definition) is 1. The van der Waals surface area contributed by atoms with Gasteiger partial charge in [-0.3, -0.25) is 14.6 Å². The molecule has 1 saturated heterocycles. The highest BCUT2D eigenvalue weighted by Crippen LogP contribution is 2.22. The SMILES string of the molecule is C=C(Cl)C=N/C=C(\C)c1cc(C(=O)N2CCNC(=O)C2)nn1/C(C)=C/C=C(/F)C(=C)Cl. The van der Waals surface area contributed by atoms with Gasteiger partial charge in [-0.25, -0.2) is 9.07 Å². The molecule has 1 aliphatic rings. The van der Waals surface area contributed by atoms with Crippen molar-refractivity contribution in [3.8, 4) is 0 Å². The Kier molecular flexibility index (Phi) is 8.53. The fourth-order valence-corrected chi connectivity index (χ4v) is 2.78. The van der Waals surface area contributed by atoms with Crippen LogP contribution in [0, 0.1) is 0 Å². The molecule has 2 heterocycles. The Bertz CT molecular complexity index is 1040. The van der Waals surface area contributed by atoms with E-state index in [2.05, 4.69) is 28.6 Å². The molecular weight excluding hydrogens is 444 g/mol. The van der Waals surface area contributed by atoms with Gasteiger partial charge in [0, 0.05) is 31.2 Å². The van der Waals surface area contributed by atoms with Crippen LogP contribution in [0.4, 0.5) is 4.39 Å². The summed E-state index contributed by atoms with van der Waals surface area (Å²) in [4.78, 5) is 30.0. The van der Waals surface area contributed by atoms with E-state index in [4.69, 9.17) is 23.2 Å². The molecule has 1 N–H and O–H groups in total. The molecule has 1 aliphatic heterocycles. The fraction of sp³-hybridized carbons (Fsp3) is 0.238. The number of amides is 2. The standard InChI is InChI=1S/C21H22Cl2FN5O2/c1-13(10-25-11-14(2)22)19-9-18(21(31)28-8-7-26-20(30)12-28)27-29(19)15(3)5-6-17(24)16(4)23/h5-6,9-11H,2,4,7-8,12H2,1,3H3,(H,26,30)/b13-10+,15-5+,17-6+,25-11?. The summed E-state index contributed by atoms with van der Waals surface area (Å²) in [5, 5.41) is 7.08. The fourth-order valence-electron chi connectivity index (χ4n) is 2.66. The monoisotopic (exact) mass is 465 g/mol. The molecule has 0 bridgehead atoms. The molecule has 0 atom stereocenters. The Morgan fingerprint density at radius 3 is 2.65 bits per heavy atom. The lowest BCUT2D eigenvalue weighted by molar-refractivity contribution is -0.123. The summed E-state index contributed by atoms with van der Waals surface area (Å²) in [6.07, 6.45) is 5.52. The van der Waals surface area contributed by atoms with E-state index in [0.29, 0.717) is 30.1 Å². The third kappa shape index (κ3) is 6.77. The second kappa shape index (κ2) is 10.9. The largest absolute Gasteiger partial charge is 0.353 e. The first-order valence-corrected chi connectivity index (χ1v) is 9.95. The topological polar surface area (TPSA) is 79.6 Å². The number of aliphatic imine (C=N–C) groups is 1.